The standard InChI is InChI=1S/C11H18BrN3/c1-4-13-7-8-15(3)11-10(12)9(2)5-6-14-11/h5-6,13H,4,7-8H2,1-3H3. The molecule has 0 saturated heterocycles. The van der Waals surface area contributed by atoms with Crippen LogP contribution in [-0.2, 0) is 0 Å². The van der Waals surface area contributed by atoms with Crippen LogP contribution in [0.3, 0.4) is 0 Å². The summed E-state index contributed by atoms with van der Waals surface area (Å²) in [5.41, 5.74) is 1.22. The summed E-state index contributed by atoms with van der Waals surface area (Å²) in [5.74, 6) is 1.01. The number of likely N-dealkylation sites (N-methyl/N-ethyl adjacent to an activating group) is 2. The van der Waals surface area contributed by atoms with Gasteiger partial charge in [-0.15, -0.1) is 0 Å². The van der Waals surface area contributed by atoms with Crippen molar-refractivity contribution in [2.45, 2.75) is 13.8 Å². The second-order valence-electron chi connectivity index (χ2n) is 3.54. The van der Waals surface area contributed by atoms with Gasteiger partial charge in [0.05, 0.1) is 4.47 Å². The highest BCUT2D eigenvalue weighted by Gasteiger charge is 2.08. The molecule has 84 valence electrons. The van der Waals surface area contributed by atoms with E-state index in [9.17, 15) is 0 Å². The van der Waals surface area contributed by atoms with Crippen molar-refractivity contribution < 1.29 is 0 Å². The largest absolute Gasteiger partial charge is 0.357 e. The van der Waals surface area contributed by atoms with Crippen molar-refractivity contribution in [3.63, 3.8) is 0 Å². The predicted molar refractivity (Wildman–Crippen MR) is 68.5 cm³/mol. The fourth-order valence-corrected chi connectivity index (χ4v) is 1.86. The molecule has 4 heteroatoms. The summed E-state index contributed by atoms with van der Waals surface area (Å²) in [6.07, 6.45) is 1.85. The molecule has 0 fully saturated rings. The molecule has 0 saturated carbocycles. The molecule has 0 bridgehead atoms. The topological polar surface area (TPSA) is 28.2 Å². The molecular weight excluding hydrogens is 254 g/mol. The Morgan fingerprint density at radius 1 is 1.53 bits per heavy atom. The Kier molecular flexibility index (Phi) is 5.05. The summed E-state index contributed by atoms with van der Waals surface area (Å²) in [6, 6.07) is 2.01. The number of pyridine rings is 1. The molecular formula is C11H18BrN3. The Morgan fingerprint density at radius 2 is 2.27 bits per heavy atom. The number of aromatic nitrogens is 1. The summed E-state index contributed by atoms with van der Waals surface area (Å²) in [6.45, 7) is 7.14. The summed E-state index contributed by atoms with van der Waals surface area (Å²) >= 11 is 3.57. The minimum Gasteiger partial charge on any atom is -0.357 e. The molecule has 0 aliphatic carbocycles. The fraction of sp³-hybridized carbons (Fsp3) is 0.545. The number of hydrogen-bond donors (Lipinski definition) is 1. The first-order valence-corrected chi connectivity index (χ1v) is 5.99. The SMILES string of the molecule is CCNCCN(C)c1nccc(C)c1Br. The minimum atomic E-state index is 0.961. The summed E-state index contributed by atoms with van der Waals surface area (Å²) in [7, 11) is 2.06. The van der Waals surface area contributed by atoms with Crippen molar-refractivity contribution in [2.75, 3.05) is 31.6 Å². The molecule has 0 spiro atoms. The Hall–Kier alpha value is -0.610. The zero-order valence-corrected chi connectivity index (χ0v) is 11.1. The number of anilines is 1. The third-order valence-electron chi connectivity index (χ3n) is 2.30. The Balaban J connectivity index is 2.65. The molecule has 15 heavy (non-hydrogen) atoms. The molecule has 0 amide bonds. The maximum Gasteiger partial charge on any atom is 0.142 e. The lowest BCUT2D eigenvalue weighted by atomic mass is 10.3. The van der Waals surface area contributed by atoms with Crippen LogP contribution in [0.25, 0.3) is 0 Å². The van der Waals surface area contributed by atoms with Gasteiger partial charge < -0.3 is 10.2 Å². The van der Waals surface area contributed by atoms with E-state index in [0.29, 0.717) is 0 Å². The number of rotatable bonds is 5. The van der Waals surface area contributed by atoms with Crippen molar-refractivity contribution in [1.29, 1.82) is 0 Å². The van der Waals surface area contributed by atoms with Crippen molar-refractivity contribution >= 4 is 21.7 Å². The average molecular weight is 272 g/mol. The van der Waals surface area contributed by atoms with Crippen LogP contribution in [-0.4, -0.2) is 31.7 Å². The van der Waals surface area contributed by atoms with Gasteiger partial charge in [-0.1, -0.05) is 6.92 Å². The van der Waals surface area contributed by atoms with Crippen LogP contribution >= 0.6 is 15.9 Å². The van der Waals surface area contributed by atoms with Crippen LogP contribution < -0.4 is 10.2 Å². The van der Waals surface area contributed by atoms with Crippen LogP contribution in [0.15, 0.2) is 16.7 Å². The zero-order valence-electron chi connectivity index (χ0n) is 9.55. The Morgan fingerprint density at radius 3 is 2.93 bits per heavy atom. The lowest BCUT2D eigenvalue weighted by Crippen LogP contribution is -2.29. The van der Waals surface area contributed by atoms with Gasteiger partial charge in [0.15, 0.2) is 0 Å². The van der Waals surface area contributed by atoms with E-state index in [2.05, 4.69) is 52.0 Å². The molecule has 1 aromatic heterocycles. The highest BCUT2D eigenvalue weighted by atomic mass is 79.9. The van der Waals surface area contributed by atoms with Gasteiger partial charge in [0.2, 0.25) is 0 Å². The Labute approximate surface area is 100 Å². The number of nitrogens with zero attached hydrogens (tertiary/aromatic N) is 2. The smallest absolute Gasteiger partial charge is 0.142 e. The first kappa shape index (κ1) is 12.5. The average Bonchev–Trinajstić information content (AvgIpc) is 2.22. The van der Waals surface area contributed by atoms with Gasteiger partial charge in [-0.05, 0) is 41.0 Å². The molecule has 0 unspecified atom stereocenters. The van der Waals surface area contributed by atoms with Crippen molar-refractivity contribution in [2.24, 2.45) is 0 Å². The van der Waals surface area contributed by atoms with Crippen molar-refractivity contribution in [3.05, 3.63) is 22.3 Å². The van der Waals surface area contributed by atoms with Gasteiger partial charge in [-0.3, -0.25) is 0 Å². The number of nitrogens with one attached hydrogen (secondary N) is 1. The van der Waals surface area contributed by atoms with Crippen molar-refractivity contribution in [3.8, 4) is 0 Å². The van der Waals surface area contributed by atoms with Crippen LogP contribution in [0.2, 0.25) is 0 Å². The van der Waals surface area contributed by atoms with E-state index in [1.165, 1.54) is 5.56 Å². The van der Waals surface area contributed by atoms with E-state index in [1.807, 2.05) is 12.3 Å². The van der Waals surface area contributed by atoms with Gasteiger partial charge in [0.25, 0.3) is 0 Å². The van der Waals surface area contributed by atoms with Crippen LogP contribution in [0, 0.1) is 6.92 Å². The molecule has 3 nitrogen and oxygen atoms in total. The first-order chi connectivity index (χ1) is 7.16. The van der Waals surface area contributed by atoms with E-state index in [1.54, 1.807) is 0 Å². The molecule has 1 rings (SSSR count). The van der Waals surface area contributed by atoms with Gasteiger partial charge >= 0.3 is 0 Å². The second-order valence-corrected chi connectivity index (χ2v) is 4.33. The molecule has 0 aliphatic rings. The number of aryl methyl sites for hydroxylation is 1. The van der Waals surface area contributed by atoms with E-state index < -0.39 is 0 Å². The van der Waals surface area contributed by atoms with Crippen LogP contribution in [0.4, 0.5) is 5.82 Å². The van der Waals surface area contributed by atoms with Gasteiger partial charge in [0.1, 0.15) is 5.82 Å². The van der Waals surface area contributed by atoms with E-state index in [0.717, 1.165) is 29.9 Å². The van der Waals surface area contributed by atoms with Crippen molar-refractivity contribution in [1.82, 2.24) is 10.3 Å². The monoisotopic (exact) mass is 271 g/mol. The van der Waals surface area contributed by atoms with Crippen LogP contribution in [0.5, 0.6) is 0 Å². The molecule has 0 atom stereocenters. The quantitative estimate of drug-likeness (QED) is 0.833. The zero-order chi connectivity index (χ0) is 11.3. The molecule has 1 aromatic rings. The highest BCUT2D eigenvalue weighted by molar-refractivity contribution is 9.10. The van der Waals surface area contributed by atoms with Gasteiger partial charge in [-0.2, -0.15) is 0 Å². The molecule has 0 aromatic carbocycles. The van der Waals surface area contributed by atoms with E-state index in [-0.39, 0.29) is 0 Å². The third kappa shape index (κ3) is 3.47. The summed E-state index contributed by atoms with van der Waals surface area (Å²) < 4.78 is 1.09. The minimum absolute atomic E-state index is 0.961. The summed E-state index contributed by atoms with van der Waals surface area (Å²) in [5, 5.41) is 3.30. The number of halogens is 1. The maximum atomic E-state index is 4.37. The first-order valence-electron chi connectivity index (χ1n) is 5.19. The van der Waals surface area contributed by atoms with E-state index in [4.69, 9.17) is 0 Å². The lowest BCUT2D eigenvalue weighted by molar-refractivity contribution is 0.702. The molecule has 1 N–H and O–H groups in total. The fourth-order valence-electron chi connectivity index (χ4n) is 1.32. The van der Waals surface area contributed by atoms with Crippen LogP contribution in [0.1, 0.15) is 12.5 Å². The Bertz CT molecular complexity index is 315. The number of hydrogen-bond acceptors (Lipinski definition) is 3. The van der Waals surface area contributed by atoms with E-state index >= 15 is 0 Å². The normalized spacial score (nSPS) is 10.4. The lowest BCUT2D eigenvalue weighted by Gasteiger charge is -2.20. The molecule has 0 radical (unpaired) electrons. The second kappa shape index (κ2) is 6.08. The highest BCUT2D eigenvalue weighted by Crippen LogP contribution is 2.25. The molecule has 0 aliphatic heterocycles. The molecule has 1 heterocycles. The van der Waals surface area contributed by atoms with Gasteiger partial charge in [-0.25, -0.2) is 4.98 Å². The maximum absolute atomic E-state index is 4.37. The summed E-state index contributed by atoms with van der Waals surface area (Å²) in [4.78, 5) is 6.52. The third-order valence-corrected chi connectivity index (χ3v) is 3.28. The van der Waals surface area contributed by atoms with Gasteiger partial charge in [0, 0.05) is 26.3 Å². The predicted octanol–water partition coefficient (Wildman–Crippen LogP) is 2.20.